The van der Waals surface area contributed by atoms with Crippen molar-refractivity contribution in [3.05, 3.63) is 0 Å². The predicted octanol–water partition coefficient (Wildman–Crippen LogP) is 6.42. The van der Waals surface area contributed by atoms with Crippen LogP contribution in [-0.2, 0) is 0 Å². The highest BCUT2D eigenvalue weighted by molar-refractivity contribution is 4.63. The fourth-order valence-electron chi connectivity index (χ4n) is 3.56. The summed E-state index contributed by atoms with van der Waals surface area (Å²) in [5.41, 5.74) is 11.0. The zero-order chi connectivity index (χ0) is 17.9. The van der Waals surface area contributed by atoms with Gasteiger partial charge in [0, 0.05) is 0 Å². The molecule has 0 radical (unpaired) electrons. The molecule has 0 aromatic rings. The zero-order valence-corrected chi connectivity index (χ0v) is 17.0. The van der Waals surface area contributed by atoms with Crippen molar-refractivity contribution in [3.63, 3.8) is 0 Å². The number of hydrogen-bond acceptors (Lipinski definition) is 2. The normalized spacial score (nSPS) is 14.0. The van der Waals surface area contributed by atoms with Gasteiger partial charge in [-0.2, -0.15) is 0 Å². The lowest BCUT2D eigenvalue weighted by atomic mass is 9.86. The molecule has 0 aromatic heterocycles. The summed E-state index contributed by atoms with van der Waals surface area (Å²) in [5, 5.41) is 0. The minimum absolute atomic E-state index is 0.865. The fourth-order valence-corrected chi connectivity index (χ4v) is 3.56. The Kier molecular flexibility index (Phi) is 19.2. The van der Waals surface area contributed by atoms with Gasteiger partial charge in [-0.1, -0.05) is 104 Å². The summed E-state index contributed by atoms with van der Waals surface area (Å²) in [6, 6.07) is 0. The third-order valence-corrected chi connectivity index (χ3v) is 5.70. The molecule has 4 N–H and O–H groups in total. The van der Waals surface area contributed by atoms with E-state index in [2.05, 4.69) is 13.8 Å². The second-order valence-electron chi connectivity index (χ2n) is 8.06. The quantitative estimate of drug-likeness (QED) is 0.267. The topological polar surface area (TPSA) is 52.0 Å². The lowest BCUT2D eigenvalue weighted by Crippen LogP contribution is -2.08. The molecule has 0 heterocycles. The summed E-state index contributed by atoms with van der Waals surface area (Å²) < 4.78 is 0. The van der Waals surface area contributed by atoms with Crippen molar-refractivity contribution in [3.8, 4) is 0 Å². The minimum Gasteiger partial charge on any atom is -0.330 e. The second kappa shape index (κ2) is 19.2. The third kappa shape index (κ3) is 16.8. The van der Waals surface area contributed by atoms with Gasteiger partial charge in [0.05, 0.1) is 0 Å². The van der Waals surface area contributed by atoms with E-state index in [9.17, 15) is 0 Å². The Balaban J connectivity index is 3.32. The van der Waals surface area contributed by atoms with E-state index >= 15 is 0 Å². The van der Waals surface area contributed by atoms with Crippen LogP contribution >= 0.6 is 0 Å². The first-order chi connectivity index (χ1) is 11.7. The van der Waals surface area contributed by atoms with Crippen LogP contribution in [0.25, 0.3) is 0 Å². The molecule has 0 aliphatic carbocycles. The van der Waals surface area contributed by atoms with Crippen LogP contribution in [0.4, 0.5) is 0 Å². The first kappa shape index (κ1) is 23.9. The summed E-state index contributed by atoms with van der Waals surface area (Å²) in [7, 11) is 0. The Morgan fingerprint density at radius 2 is 0.667 bits per heavy atom. The Morgan fingerprint density at radius 1 is 0.417 bits per heavy atom. The maximum absolute atomic E-state index is 5.52. The van der Waals surface area contributed by atoms with Crippen molar-refractivity contribution in [1.82, 2.24) is 0 Å². The van der Waals surface area contributed by atoms with Crippen LogP contribution in [-0.4, -0.2) is 13.1 Å². The summed E-state index contributed by atoms with van der Waals surface area (Å²) in [6.45, 7) is 6.67. The van der Waals surface area contributed by atoms with Crippen LogP contribution in [0.3, 0.4) is 0 Å². The van der Waals surface area contributed by atoms with E-state index in [1.54, 1.807) is 0 Å². The van der Waals surface area contributed by atoms with E-state index in [4.69, 9.17) is 11.5 Å². The molecule has 2 atom stereocenters. The number of nitrogens with two attached hydrogens (primary N) is 2. The number of rotatable bonds is 19. The molecule has 2 unspecified atom stereocenters. The molecule has 0 spiro atoms. The average molecular weight is 341 g/mol. The number of hydrogen-bond donors (Lipinski definition) is 2. The molecule has 0 amide bonds. The van der Waals surface area contributed by atoms with Crippen LogP contribution < -0.4 is 11.5 Å². The first-order valence-corrected chi connectivity index (χ1v) is 11.1. The van der Waals surface area contributed by atoms with Gasteiger partial charge in [0.15, 0.2) is 0 Å². The Morgan fingerprint density at radius 3 is 0.958 bits per heavy atom. The van der Waals surface area contributed by atoms with Crippen molar-refractivity contribution in [2.45, 2.75) is 117 Å². The molecule has 0 saturated carbocycles. The lowest BCUT2D eigenvalue weighted by molar-refractivity contribution is 0.322. The smallest absolute Gasteiger partial charge is 0.00773 e. The van der Waals surface area contributed by atoms with Gasteiger partial charge in [0.25, 0.3) is 0 Å². The van der Waals surface area contributed by atoms with E-state index in [-0.39, 0.29) is 0 Å². The maximum atomic E-state index is 5.52. The summed E-state index contributed by atoms with van der Waals surface area (Å²) >= 11 is 0. The standard InChI is InChI=1S/C22H48N2/c1-21(17-13-9-5-3-7-11-15-19-23)22(2)18-14-10-6-4-8-12-16-20-24/h21-22H,3-20,23-24H2,1-2H3. The highest BCUT2D eigenvalue weighted by Gasteiger charge is 2.11. The summed E-state index contributed by atoms with van der Waals surface area (Å²) in [6.07, 6.45) is 22.1. The van der Waals surface area contributed by atoms with Gasteiger partial charge in [-0.3, -0.25) is 0 Å². The molecule has 0 aliphatic rings. The highest BCUT2D eigenvalue weighted by atomic mass is 14.5. The van der Waals surface area contributed by atoms with Gasteiger partial charge in [0.1, 0.15) is 0 Å². The summed E-state index contributed by atoms with van der Waals surface area (Å²) in [5.74, 6) is 1.82. The van der Waals surface area contributed by atoms with Gasteiger partial charge < -0.3 is 11.5 Å². The van der Waals surface area contributed by atoms with Crippen molar-refractivity contribution < 1.29 is 0 Å². The predicted molar refractivity (Wildman–Crippen MR) is 110 cm³/mol. The third-order valence-electron chi connectivity index (χ3n) is 5.70. The van der Waals surface area contributed by atoms with Crippen molar-refractivity contribution in [2.24, 2.45) is 23.3 Å². The fraction of sp³-hybridized carbons (Fsp3) is 1.00. The van der Waals surface area contributed by atoms with Gasteiger partial charge in [-0.15, -0.1) is 0 Å². The molecule has 0 fully saturated rings. The molecule has 0 saturated heterocycles. The van der Waals surface area contributed by atoms with E-state index < -0.39 is 0 Å². The van der Waals surface area contributed by atoms with E-state index in [0.29, 0.717) is 0 Å². The Labute approximate surface area is 153 Å². The first-order valence-electron chi connectivity index (χ1n) is 11.1. The monoisotopic (exact) mass is 340 g/mol. The molecular formula is C22H48N2. The van der Waals surface area contributed by atoms with E-state index in [1.165, 1.54) is 103 Å². The highest BCUT2D eigenvalue weighted by Crippen LogP contribution is 2.24. The minimum atomic E-state index is 0.865. The molecular weight excluding hydrogens is 292 g/mol. The molecule has 0 rings (SSSR count). The van der Waals surface area contributed by atoms with Crippen LogP contribution in [0.1, 0.15) is 117 Å². The second-order valence-corrected chi connectivity index (χ2v) is 8.06. The van der Waals surface area contributed by atoms with Crippen LogP contribution in [0, 0.1) is 11.8 Å². The van der Waals surface area contributed by atoms with Gasteiger partial charge in [-0.05, 0) is 37.8 Å². The van der Waals surface area contributed by atoms with E-state index in [1.807, 2.05) is 0 Å². The average Bonchev–Trinajstić information content (AvgIpc) is 2.59. The van der Waals surface area contributed by atoms with Crippen molar-refractivity contribution in [2.75, 3.05) is 13.1 Å². The zero-order valence-electron chi connectivity index (χ0n) is 17.0. The molecule has 0 aromatic carbocycles. The number of unbranched alkanes of at least 4 members (excludes halogenated alkanes) is 12. The molecule has 2 heteroatoms. The lowest BCUT2D eigenvalue weighted by Gasteiger charge is -2.19. The SMILES string of the molecule is CC(CCCCCCCCCN)C(C)CCCCCCCCCN. The Bertz CT molecular complexity index is 206. The molecule has 146 valence electrons. The van der Waals surface area contributed by atoms with Crippen LogP contribution in [0.15, 0.2) is 0 Å². The van der Waals surface area contributed by atoms with Crippen LogP contribution in [0.5, 0.6) is 0 Å². The molecule has 24 heavy (non-hydrogen) atoms. The largest absolute Gasteiger partial charge is 0.330 e. The van der Waals surface area contributed by atoms with E-state index in [0.717, 1.165) is 24.9 Å². The van der Waals surface area contributed by atoms with Gasteiger partial charge >= 0.3 is 0 Å². The maximum Gasteiger partial charge on any atom is -0.00773 e. The molecule has 0 aliphatic heterocycles. The molecule has 2 nitrogen and oxygen atoms in total. The summed E-state index contributed by atoms with van der Waals surface area (Å²) in [4.78, 5) is 0. The van der Waals surface area contributed by atoms with Crippen molar-refractivity contribution >= 4 is 0 Å². The van der Waals surface area contributed by atoms with Gasteiger partial charge in [-0.25, -0.2) is 0 Å². The Hall–Kier alpha value is -0.0800. The van der Waals surface area contributed by atoms with Crippen LogP contribution in [0.2, 0.25) is 0 Å². The van der Waals surface area contributed by atoms with Crippen molar-refractivity contribution in [1.29, 1.82) is 0 Å². The van der Waals surface area contributed by atoms with Gasteiger partial charge in [0.2, 0.25) is 0 Å². The molecule has 0 bridgehead atoms.